The highest BCUT2D eigenvalue weighted by Crippen LogP contribution is 2.28. The summed E-state index contributed by atoms with van der Waals surface area (Å²) in [4.78, 5) is 3.86. The third-order valence-electron chi connectivity index (χ3n) is 4.26. The van der Waals surface area contributed by atoms with E-state index in [1.54, 1.807) is 11.3 Å². The lowest BCUT2D eigenvalue weighted by Gasteiger charge is -2.45. The molecule has 0 saturated carbocycles. The van der Waals surface area contributed by atoms with Gasteiger partial charge in [-0.2, -0.15) is 0 Å². The monoisotopic (exact) mass is 301 g/mol. The number of hydrogen-bond donors (Lipinski definition) is 2. The number of hydrogen-bond acceptors (Lipinski definition) is 4. The highest BCUT2D eigenvalue weighted by atomic mass is 35.5. The van der Waals surface area contributed by atoms with Crippen LogP contribution < -0.4 is 11.3 Å². The molecule has 1 aliphatic rings. The van der Waals surface area contributed by atoms with Crippen LogP contribution >= 0.6 is 22.9 Å². The molecular formula is C14H24ClN3S. The molecule has 1 saturated heterocycles. The lowest BCUT2D eigenvalue weighted by atomic mass is 9.88. The Kier molecular flexibility index (Phi) is 5.26. The molecular weight excluding hydrogens is 278 g/mol. The van der Waals surface area contributed by atoms with Crippen LogP contribution in [0.3, 0.4) is 0 Å². The molecule has 0 bridgehead atoms. The van der Waals surface area contributed by atoms with Crippen LogP contribution in [0.25, 0.3) is 0 Å². The summed E-state index contributed by atoms with van der Waals surface area (Å²) in [6, 6.07) is 4.30. The molecule has 0 aliphatic carbocycles. The average Bonchev–Trinajstić information content (AvgIpc) is 2.82. The average molecular weight is 302 g/mol. The van der Waals surface area contributed by atoms with Gasteiger partial charge in [0.1, 0.15) is 0 Å². The van der Waals surface area contributed by atoms with Crippen molar-refractivity contribution in [3.8, 4) is 0 Å². The van der Waals surface area contributed by atoms with E-state index in [4.69, 9.17) is 17.4 Å². The highest BCUT2D eigenvalue weighted by molar-refractivity contribution is 7.16. The molecule has 3 N–H and O–H groups in total. The van der Waals surface area contributed by atoms with Crippen LogP contribution in [0.2, 0.25) is 4.34 Å². The third kappa shape index (κ3) is 3.70. The van der Waals surface area contributed by atoms with Crippen molar-refractivity contribution in [3.63, 3.8) is 0 Å². The minimum atomic E-state index is 0.0611. The van der Waals surface area contributed by atoms with Gasteiger partial charge in [-0.05, 0) is 51.9 Å². The quantitative estimate of drug-likeness (QED) is 0.649. The predicted molar refractivity (Wildman–Crippen MR) is 83.6 cm³/mol. The first-order valence-electron chi connectivity index (χ1n) is 6.99. The second kappa shape index (κ2) is 6.55. The maximum atomic E-state index is 6.01. The van der Waals surface area contributed by atoms with E-state index in [2.05, 4.69) is 30.2 Å². The van der Waals surface area contributed by atoms with Gasteiger partial charge in [-0.3, -0.25) is 16.2 Å². The number of rotatable bonds is 5. The Hall–Kier alpha value is -0.130. The molecule has 3 nitrogen and oxygen atoms in total. The summed E-state index contributed by atoms with van der Waals surface area (Å²) in [5.41, 5.74) is 3.08. The summed E-state index contributed by atoms with van der Waals surface area (Å²) >= 11 is 7.65. The topological polar surface area (TPSA) is 41.3 Å². The normalized spacial score (nSPS) is 19.6. The largest absolute Gasteiger partial charge is 0.297 e. The van der Waals surface area contributed by atoms with Gasteiger partial charge in [0.2, 0.25) is 0 Å². The minimum absolute atomic E-state index is 0.0611. The second-order valence-electron chi connectivity index (χ2n) is 5.83. The van der Waals surface area contributed by atoms with Crippen LogP contribution in [0.15, 0.2) is 12.1 Å². The van der Waals surface area contributed by atoms with Crippen molar-refractivity contribution in [1.82, 2.24) is 10.3 Å². The molecule has 0 aromatic carbocycles. The number of piperidine rings is 1. The van der Waals surface area contributed by atoms with E-state index in [0.717, 1.165) is 10.8 Å². The summed E-state index contributed by atoms with van der Waals surface area (Å²) < 4.78 is 0.849. The smallest absolute Gasteiger partial charge is 0.0931 e. The van der Waals surface area contributed by atoms with E-state index in [0.29, 0.717) is 0 Å². The molecule has 1 unspecified atom stereocenters. The number of hydrazine groups is 1. The molecule has 1 atom stereocenters. The van der Waals surface area contributed by atoms with Gasteiger partial charge in [0.05, 0.1) is 4.34 Å². The van der Waals surface area contributed by atoms with Crippen LogP contribution in [-0.4, -0.2) is 29.6 Å². The second-order valence-corrected chi connectivity index (χ2v) is 7.63. The van der Waals surface area contributed by atoms with Crippen molar-refractivity contribution in [2.45, 2.75) is 51.1 Å². The summed E-state index contributed by atoms with van der Waals surface area (Å²) in [6.45, 7) is 6.93. The zero-order valence-electron chi connectivity index (χ0n) is 11.8. The molecule has 1 aliphatic heterocycles. The van der Waals surface area contributed by atoms with Gasteiger partial charge in [-0.1, -0.05) is 18.0 Å². The van der Waals surface area contributed by atoms with Gasteiger partial charge in [0.25, 0.3) is 0 Å². The van der Waals surface area contributed by atoms with E-state index in [1.165, 1.54) is 37.2 Å². The van der Waals surface area contributed by atoms with Gasteiger partial charge in [0.15, 0.2) is 0 Å². The standard InChI is InChI=1S/C14H24ClN3S/c1-14(2,18-8-4-3-5-9-18)12(17-16)10-11-6-7-13(15)19-11/h6-7,12,17H,3-5,8-10,16H2,1-2H3. The van der Waals surface area contributed by atoms with Crippen molar-refractivity contribution < 1.29 is 0 Å². The SMILES string of the molecule is CC(C)(C(Cc1ccc(Cl)s1)NN)N1CCCCC1. The number of thiophene rings is 1. The number of nitrogens with zero attached hydrogens (tertiary/aromatic N) is 1. The third-order valence-corrected chi connectivity index (χ3v) is 5.51. The van der Waals surface area contributed by atoms with Crippen molar-refractivity contribution >= 4 is 22.9 Å². The van der Waals surface area contributed by atoms with Gasteiger partial charge in [-0.15, -0.1) is 11.3 Å². The Morgan fingerprint density at radius 2 is 2.05 bits per heavy atom. The fraction of sp³-hybridized carbons (Fsp3) is 0.714. The van der Waals surface area contributed by atoms with Crippen LogP contribution in [0, 0.1) is 0 Å². The predicted octanol–water partition coefficient (Wildman–Crippen LogP) is 3.04. The van der Waals surface area contributed by atoms with Crippen molar-refractivity contribution in [1.29, 1.82) is 0 Å². The first-order valence-corrected chi connectivity index (χ1v) is 8.19. The van der Waals surface area contributed by atoms with E-state index < -0.39 is 0 Å². The van der Waals surface area contributed by atoms with Crippen molar-refractivity contribution in [2.75, 3.05) is 13.1 Å². The molecule has 1 fully saturated rings. The Bertz CT molecular complexity index is 399. The molecule has 2 heterocycles. The molecule has 0 amide bonds. The van der Waals surface area contributed by atoms with Crippen molar-refractivity contribution in [2.24, 2.45) is 5.84 Å². The van der Waals surface area contributed by atoms with E-state index in [9.17, 15) is 0 Å². The summed E-state index contributed by atoms with van der Waals surface area (Å²) in [5.74, 6) is 5.82. The Labute approximate surface area is 125 Å². The maximum Gasteiger partial charge on any atom is 0.0931 e. The molecule has 5 heteroatoms. The van der Waals surface area contributed by atoms with E-state index >= 15 is 0 Å². The Balaban J connectivity index is 2.06. The van der Waals surface area contributed by atoms with Crippen LogP contribution in [0.4, 0.5) is 0 Å². The highest BCUT2D eigenvalue weighted by Gasteiger charge is 2.35. The molecule has 0 spiro atoms. The molecule has 0 radical (unpaired) electrons. The summed E-state index contributed by atoms with van der Waals surface area (Å²) in [6.07, 6.45) is 4.88. The first kappa shape index (κ1) is 15.3. The van der Waals surface area contributed by atoms with Gasteiger partial charge >= 0.3 is 0 Å². The Morgan fingerprint density at radius 1 is 1.37 bits per heavy atom. The minimum Gasteiger partial charge on any atom is -0.297 e. The lowest BCUT2D eigenvalue weighted by molar-refractivity contribution is 0.0613. The Morgan fingerprint density at radius 3 is 2.58 bits per heavy atom. The zero-order chi connectivity index (χ0) is 13.9. The van der Waals surface area contributed by atoms with Crippen LogP contribution in [0.5, 0.6) is 0 Å². The lowest BCUT2D eigenvalue weighted by Crippen LogP contribution is -2.61. The molecule has 1 aromatic rings. The number of nitrogens with one attached hydrogen (secondary N) is 1. The molecule has 1 aromatic heterocycles. The number of likely N-dealkylation sites (tertiary alicyclic amines) is 1. The van der Waals surface area contributed by atoms with Gasteiger partial charge in [-0.25, -0.2) is 0 Å². The molecule has 2 rings (SSSR count). The fourth-order valence-corrected chi connectivity index (χ4v) is 4.00. The first-order chi connectivity index (χ1) is 9.04. The number of nitrogens with two attached hydrogens (primary N) is 1. The van der Waals surface area contributed by atoms with Crippen LogP contribution in [0.1, 0.15) is 38.0 Å². The van der Waals surface area contributed by atoms with Gasteiger partial charge < -0.3 is 0 Å². The summed E-state index contributed by atoms with van der Waals surface area (Å²) in [5, 5.41) is 0. The maximum absolute atomic E-state index is 6.01. The molecule has 108 valence electrons. The van der Waals surface area contributed by atoms with Gasteiger partial charge in [0, 0.05) is 22.9 Å². The van der Waals surface area contributed by atoms with E-state index in [1.807, 2.05) is 6.07 Å². The van der Waals surface area contributed by atoms with Crippen LogP contribution in [-0.2, 0) is 6.42 Å². The zero-order valence-corrected chi connectivity index (χ0v) is 13.4. The number of halogens is 1. The summed E-state index contributed by atoms with van der Waals surface area (Å²) in [7, 11) is 0. The fourth-order valence-electron chi connectivity index (χ4n) is 2.87. The molecule has 19 heavy (non-hydrogen) atoms. The van der Waals surface area contributed by atoms with E-state index in [-0.39, 0.29) is 11.6 Å². The van der Waals surface area contributed by atoms with Crippen molar-refractivity contribution in [3.05, 3.63) is 21.3 Å².